The quantitative estimate of drug-likeness (QED) is 0.656. The summed E-state index contributed by atoms with van der Waals surface area (Å²) in [5, 5.41) is 2.83. The molecule has 1 heterocycles. The fourth-order valence-corrected chi connectivity index (χ4v) is 3.31. The maximum absolute atomic E-state index is 12.3. The van der Waals surface area contributed by atoms with E-state index in [2.05, 4.69) is 22.4 Å². The van der Waals surface area contributed by atoms with Gasteiger partial charge >= 0.3 is 5.69 Å². The molecule has 0 aliphatic carbocycles. The summed E-state index contributed by atoms with van der Waals surface area (Å²) >= 11 is 1.62. The zero-order valence-electron chi connectivity index (χ0n) is 13.8. The van der Waals surface area contributed by atoms with Crippen LogP contribution in [0.1, 0.15) is 5.56 Å². The van der Waals surface area contributed by atoms with E-state index in [1.807, 2.05) is 42.5 Å². The number of anilines is 1. The van der Waals surface area contributed by atoms with Crippen molar-refractivity contribution >= 4 is 23.4 Å². The summed E-state index contributed by atoms with van der Waals surface area (Å²) in [5.41, 5.74) is 0.781. The Hall–Kier alpha value is -3.06. The molecule has 2 N–H and O–H groups in total. The van der Waals surface area contributed by atoms with Gasteiger partial charge in [0.2, 0.25) is 5.91 Å². The minimum Gasteiger partial charge on any atom is -0.324 e. The summed E-state index contributed by atoms with van der Waals surface area (Å²) in [4.78, 5) is 38.1. The molecule has 0 atom stereocenters. The molecular weight excluding hydrogens is 350 g/mol. The Balaban J connectivity index is 1.68. The topological polar surface area (TPSA) is 84.0 Å². The molecule has 3 aromatic rings. The molecular formula is C19H17N3O3S. The van der Waals surface area contributed by atoms with Crippen LogP contribution in [0.2, 0.25) is 0 Å². The van der Waals surface area contributed by atoms with Crippen molar-refractivity contribution in [1.29, 1.82) is 0 Å². The number of H-pyrrole nitrogens is 1. The number of aromatic amines is 1. The molecule has 0 fully saturated rings. The Morgan fingerprint density at radius 3 is 2.50 bits per heavy atom. The maximum Gasteiger partial charge on any atom is 0.328 e. The summed E-state index contributed by atoms with van der Waals surface area (Å²) in [6, 6.07) is 18.8. The van der Waals surface area contributed by atoms with Crippen molar-refractivity contribution < 1.29 is 4.79 Å². The molecule has 132 valence electrons. The van der Waals surface area contributed by atoms with Gasteiger partial charge in [-0.1, -0.05) is 42.5 Å². The second-order valence-electron chi connectivity index (χ2n) is 5.56. The van der Waals surface area contributed by atoms with Crippen molar-refractivity contribution in [2.45, 2.75) is 17.2 Å². The normalized spacial score (nSPS) is 10.5. The molecule has 0 aliphatic heterocycles. The first-order chi connectivity index (χ1) is 12.6. The van der Waals surface area contributed by atoms with E-state index in [1.54, 1.807) is 11.8 Å². The molecule has 0 radical (unpaired) electrons. The Kier molecular flexibility index (Phi) is 5.70. The van der Waals surface area contributed by atoms with Gasteiger partial charge in [0, 0.05) is 22.9 Å². The van der Waals surface area contributed by atoms with Gasteiger partial charge in [0.1, 0.15) is 6.54 Å². The van der Waals surface area contributed by atoms with E-state index >= 15 is 0 Å². The van der Waals surface area contributed by atoms with Gasteiger partial charge in [-0.2, -0.15) is 0 Å². The van der Waals surface area contributed by atoms with Crippen LogP contribution < -0.4 is 16.6 Å². The summed E-state index contributed by atoms with van der Waals surface area (Å²) in [6.07, 6.45) is 1.30. The van der Waals surface area contributed by atoms with E-state index in [4.69, 9.17) is 0 Å². The Bertz CT molecular complexity index is 1010. The first kappa shape index (κ1) is 17.8. The molecule has 0 unspecified atom stereocenters. The zero-order chi connectivity index (χ0) is 18.4. The summed E-state index contributed by atoms with van der Waals surface area (Å²) in [7, 11) is 0. The van der Waals surface area contributed by atoms with Crippen molar-refractivity contribution in [2.75, 3.05) is 5.32 Å². The molecule has 0 spiro atoms. The molecule has 26 heavy (non-hydrogen) atoms. The fraction of sp³-hybridized carbons (Fsp3) is 0.105. The van der Waals surface area contributed by atoms with Crippen LogP contribution in [0.3, 0.4) is 0 Å². The van der Waals surface area contributed by atoms with Gasteiger partial charge in [-0.15, -0.1) is 11.8 Å². The molecule has 7 heteroatoms. The zero-order valence-corrected chi connectivity index (χ0v) is 14.7. The van der Waals surface area contributed by atoms with E-state index in [-0.39, 0.29) is 12.5 Å². The number of carbonyl (C=O) groups is 1. The number of para-hydroxylation sites is 1. The second-order valence-corrected chi connectivity index (χ2v) is 6.57. The van der Waals surface area contributed by atoms with Gasteiger partial charge in [0.15, 0.2) is 0 Å². The predicted molar refractivity (Wildman–Crippen MR) is 102 cm³/mol. The second kappa shape index (κ2) is 8.35. The number of nitrogens with zero attached hydrogens (tertiary/aromatic N) is 1. The fourth-order valence-electron chi connectivity index (χ4n) is 2.34. The van der Waals surface area contributed by atoms with E-state index in [1.165, 1.54) is 17.8 Å². The van der Waals surface area contributed by atoms with Crippen LogP contribution in [0.4, 0.5) is 5.69 Å². The number of amides is 1. The highest BCUT2D eigenvalue weighted by Crippen LogP contribution is 2.29. The highest BCUT2D eigenvalue weighted by Gasteiger charge is 2.09. The number of hydrogen-bond donors (Lipinski definition) is 2. The third-order valence-corrected chi connectivity index (χ3v) is 4.75. The molecule has 0 aliphatic rings. The third kappa shape index (κ3) is 4.73. The number of benzene rings is 2. The van der Waals surface area contributed by atoms with Crippen LogP contribution in [0.15, 0.2) is 81.3 Å². The highest BCUT2D eigenvalue weighted by molar-refractivity contribution is 7.98. The van der Waals surface area contributed by atoms with Crippen molar-refractivity contribution in [3.8, 4) is 0 Å². The van der Waals surface area contributed by atoms with Crippen LogP contribution >= 0.6 is 11.8 Å². The SMILES string of the molecule is O=C(Cn1ccc(=O)[nH]c1=O)Nc1ccccc1SCc1ccccc1. The van der Waals surface area contributed by atoms with E-state index in [0.717, 1.165) is 15.2 Å². The highest BCUT2D eigenvalue weighted by atomic mass is 32.2. The van der Waals surface area contributed by atoms with E-state index in [9.17, 15) is 14.4 Å². The van der Waals surface area contributed by atoms with E-state index in [0.29, 0.717) is 5.69 Å². The average molecular weight is 367 g/mol. The molecule has 1 aromatic heterocycles. The molecule has 6 nitrogen and oxygen atoms in total. The lowest BCUT2D eigenvalue weighted by Gasteiger charge is -2.11. The smallest absolute Gasteiger partial charge is 0.324 e. The average Bonchev–Trinajstić information content (AvgIpc) is 2.64. The number of aromatic nitrogens is 2. The standard InChI is InChI=1S/C19H17N3O3S/c23-17-10-11-22(19(25)21-17)12-18(24)20-15-8-4-5-9-16(15)26-13-14-6-2-1-3-7-14/h1-11H,12-13H2,(H,20,24)(H,21,23,25). The van der Waals surface area contributed by atoms with Crippen LogP contribution in [0.5, 0.6) is 0 Å². The molecule has 0 bridgehead atoms. The van der Waals surface area contributed by atoms with Crippen LogP contribution in [0.25, 0.3) is 0 Å². The van der Waals surface area contributed by atoms with Gasteiger partial charge in [0.05, 0.1) is 5.69 Å². The minimum atomic E-state index is -0.612. The van der Waals surface area contributed by atoms with Crippen molar-refractivity contribution in [3.63, 3.8) is 0 Å². The Morgan fingerprint density at radius 1 is 1.00 bits per heavy atom. The van der Waals surface area contributed by atoms with E-state index < -0.39 is 11.2 Å². The molecule has 1 amide bonds. The van der Waals surface area contributed by atoms with Gasteiger partial charge in [-0.05, 0) is 17.7 Å². The summed E-state index contributed by atoms with van der Waals surface area (Å²) < 4.78 is 1.15. The van der Waals surface area contributed by atoms with Gasteiger partial charge < -0.3 is 5.32 Å². The number of hydrogen-bond acceptors (Lipinski definition) is 4. The molecule has 3 rings (SSSR count). The van der Waals surface area contributed by atoms with Gasteiger partial charge in [0.25, 0.3) is 5.56 Å². The van der Waals surface area contributed by atoms with Crippen LogP contribution in [0, 0.1) is 0 Å². The molecule has 0 saturated carbocycles. The number of rotatable bonds is 6. The lowest BCUT2D eigenvalue weighted by Crippen LogP contribution is -2.32. The van der Waals surface area contributed by atoms with Crippen molar-refractivity contribution in [3.05, 3.63) is 93.3 Å². The largest absolute Gasteiger partial charge is 0.328 e. The summed E-state index contributed by atoms with van der Waals surface area (Å²) in [5.74, 6) is 0.444. The third-order valence-electron chi connectivity index (χ3n) is 3.61. The molecule has 0 saturated heterocycles. The van der Waals surface area contributed by atoms with Crippen LogP contribution in [-0.2, 0) is 17.1 Å². The van der Waals surface area contributed by atoms with Crippen molar-refractivity contribution in [1.82, 2.24) is 9.55 Å². The van der Waals surface area contributed by atoms with Gasteiger partial charge in [-0.25, -0.2) is 4.79 Å². The van der Waals surface area contributed by atoms with Crippen molar-refractivity contribution in [2.24, 2.45) is 0 Å². The predicted octanol–water partition coefficient (Wildman–Crippen LogP) is 2.47. The number of thioether (sulfide) groups is 1. The first-order valence-electron chi connectivity index (χ1n) is 7.97. The number of carbonyl (C=O) groups excluding carboxylic acids is 1. The monoisotopic (exact) mass is 367 g/mol. The first-order valence-corrected chi connectivity index (χ1v) is 8.96. The maximum atomic E-state index is 12.3. The number of nitrogens with one attached hydrogen (secondary N) is 2. The summed E-state index contributed by atoms with van der Waals surface area (Å²) in [6.45, 7) is -0.173. The lowest BCUT2D eigenvalue weighted by molar-refractivity contribution is -0.116. The Morgan fingerprint density at radius 2 is 1.73 bits per heavy atom. The van der Waals surface area contributed by atoms with Gasteiger partial charge in [-0.3, -0.25) is 19.1 Å². The lowest BCUT2D eigenvalue weighted by atomic mass is 10.2. The molecule has 2 aromatic carbocycles. The Labute approximate surface area is 153 Å². The minimum absolute atomic E-state index is 0.173. The van der Waals surface area contributed by atoms with Crippen LogP contribution in [-0.4, -0.2) is 15.5 Å².